The first-order valence-corrected chi connectivity index (χ1v) is 8.58. The van der Waals surface area contributed by atoms with E-state index in [-0.39, 0.29) is 0 Å². The second-order valence-corrected chi connectivity index (χ2v) is 7.19. The van der Waals surface area contributed by atoms with Crippen molar-refractivity contribution in [3.8, 4) is 0 Å². The minimum atomic E-state index is 0.347. The average molecular weight is 290 g/mol. The third-order valence-electron chi connectivity index (χ3n) is 5.85. The monoisotopic (exact) mass is 290 g/mol. The first kappa shape index (κ1) is 15.0. The molecule has 1 unspecified atom stereocenters. The number of hydrogen-bond donors (Lipinski definition) is 1. The highest BCUT2D eigenvalue weighted by molar-refractivity contribution is 5.21. The molecule has 4 heteroatoms. The summed E-state index contributed by atoms with van der Waals surface area (Å²) in [7, 11) is 2.00. The molecule has 118 valence electrons. The number of likely N-dealkylation sites (tertiary alicyclic amines) is 1. The summed E-state index contributed by atoms with van der Waals surface area (Å²) in [6.45, 7) is 5.20. The molecular formula is C17H30N4. The fourth-order valence-electron chi connectivity index (χ4n) is 4.53. The SMILES string of the molecule is Cc1nn(C)cc1C(CN)N1CCC2(CCCCC2)CC1. The minimum Gasteiger partial charge on any atom is -0.329 e. The van der Waals surface area contributed by atoms with Gasteiger partial charge in [-0.25, -0.2) is 0 Å². The van der Waals surface area contributed by atoms with Gasteiger partial charge in [0.2, 0.25) is 0 Å². The Morgan fingerprint density at radius 1 is 1.19 bits per heavy atom. The molecule has 0 radical (unpaired) electrons. The molecule has 3 rings (SSSR count). The third kappa shape index (κ3) is 3.02. The number of piperidine rings is 1. The van der Waals surface area contributed by atoms with Gasteiger partial charge < -0.3 is 5.73 Å². The molecule has 1 aromatic rings. The number of nitrogens with two attached hydrogens (primary N) is 1. The average Bonchev–Trinajstić information content (AvgIpc) is 2.82. The number of hydrogen-bond acceptors (Lipinski definition) is 3. The predicted molar refractivity (Wildman–Crippen MR) is 86.1 cm³/mol. The highest BCUT2D eigenvalue weighted by Gasteiger charge is 2.37. The third-order valence-corrected chi connectivity index (χ3v) is 5.85. The van der Waals surface area contributed by atoms with Gasteiger partial charge in [-0.15, -0.1) is 0 Å². The molecule has 0 bridgehead atoms. The molecule has 2 aliphatic rings. The zero-order valence-electron chi connectivity index (χ0n) is 13.6. The van der Waals surface area contributed by atoms with Crippen LogP contribution in [-0.2, 0) is 7.05 Å². The van der Waals surface area contributed by atoms with E-state index in [9.17, 15) is 0 Å². The minimum absolute atomic E-state index is 0.347. The number of nitrogens with zero attached hydrogens (tertiary/aromatic N) is 3. The summed E-state index contributed by atoms with van der Waals surface area (Å²) in [6, 6.07) is 0.347. The van der Waals surface area contributed by atoms with E-state index in [0.717, 1.165) is 5.69 Å². The van der Waals surface area contributed by atoms with Crippen LogP contribution >= 0.6 is 0 Å². The van der Waals surface area contributed by atoms with Gasteiger partial charge >= 0.3 is 0 Å². The van der Waals surface area contributed by atoms with Crippen LogP contribution in [0.25, 0.3) is 0 Å². The first-order chi connectivity index (χ1) is 10.1. The summed E-state index contributed by atoms with van der Waals surface area (Å²) in [5.41, 5.74) is 9.22. The van der Waals surface area contributed by atoms with Crippen LogP contribution in [0.15, 0.2) is 6.20 Å². The van der Waals surface area contributed by atoms with E-state index in [1.807, 2.05) is 11.7 Å². The zero-order valence-corrected chi connectivity index (χ0v) is 13.6. The van der Waals surface area contributed by atoms with Crippen LogP contribution in [0.1, 0.15) is 62.2 Å². The largest absolute Gasteiger partial charge is 0.329 e. The maximum atomic E-state index is 6.11. The molecule has 4 nitrogen and oxygen atoms in total. The van der Waals surface area contributed by atoms with Gasteiger partial charge in [-0.3, -0.25) is 9.58 Å². The predicted octanol–water partition coefficient (Wildman–Crippen LogP) is 2.77. The maximum absolute atomic E-state index is 6.11. The number of aromatic nitrogens is 2. The highest BCUT2D eigenvalue weighted by atomic mass is 15.3. The summed E-state index contributed by atoms with van der Waals surface area (Å²) in [5, 5.41) is 4.49. The molecule has 1 aromatic heterocycles. The van der Waals surface area contributed by atoms with E-state index >= 15 is 0 Å². The Kier molecular flexibility index (Phi) is 4.36. The maximum Gasteiger partial charge on any atom is 0.0641 e. The van der Waals surface area contributed by atoms with E-state index in [2.05, 4.69) is 23.1 Å². The number of aryl methyl sites for hydroxylation is 2. The van der Waals surface area contributed by atoms with Crippen molar-refractivity contribution in [3.05, 3.63) is 17.5 Å². The highest BCUT2D eigenvalue weighted by Crippen LogP contribution is 2.45. The van der Waals surface area contributed by atoms with Gasteiger partial charge in [-0.1, -0.05) is 19.3 Å². The molecule has 2 fully saturated rings. The normalized spacial score (nSPS) is 24.3. The van der Waals surface area contributed by atoms with E-state index < -0.39 is 0 Å². The Morgan fingerprint density at radius 3 is 2.38 bits per heavy atom. The van der Waals surface area contributed by atoms with Crippen LogP contribution in [0.4, 0.5) is 0 Å². The summed E-state index contributed by atoms with van der Waals surface area (Å²) in [4.78, 5) is 2.60. The molecule has 0 amide bonds. The first-order valence-electron chi connectivity index (χ1n) is 8.58. The lowest BCUT2D eigenvalue weighted by Gasteiger charge is -2.46. The summed E-state index contributed by atoms with van der Waals surface area (Å²) < 4.78 is 1.92. The van der Waals surface area contributed by atoms with Crippen molar-refractivity contribution < 1.29 is 0 Å². The van der Waals surface area contributed by atoms with Crippen LogP contribution < -0.4 is 5.73 Å². The smallest absolute Gasteiger partial charge is 0.0641 e. The van der Waals surface area contributed by atoms with Crippen LogP contribution in [0, 0.1) is 12.3 Å². The fourth-order valence-corrected chi connectivity index (χ4v) is 4.53. The molecule has 21 heavy (non-hydrogen) atoms. The van der Waals surface area contributed by atoms with Gasteiger partial charge in [-0.05, 0) is 51.1 Å². The van der Waals surface area contributed by atoms with Crippen LogP contribution in [0.2, 0.25) is 0 Å². The summed E-state index contributed by atoms with van der Waals surface area (Å²) in [6.07, 6.45) is 12.1. The lowest BCUT2D eigenvalue weighted by atomic mass is 9.68. The topological polar surface area (TPSA) is 47.1 Å². The zero-order chi connectivity index (χ0) is 14.9. The van der Waals surface area contributed by atoms with Gasteiger partial charge in [0.1, 0.15) is 0 Å². The molecular weight excluding hydrogens is 260 g/mol. The molecule has 1 aliphatic heterocycles. The van der Waals surface area contributed by atoms with Crippen LogP contribution in [-0.4, -0.2) is 34.3 Å². The van der Waals surface area contributed by atoms with Crippen molar-refractivity contribution in [1.82, 2.24) is 14.7 Å². The van der Waals surface area contributed by atoms with Gasteiger partial charge in [0.05, 0.1) is 11.7 Å². The molecule has 1 aliphatic carbocycles. The van der Waals surface area contributed by atoms with E-state index in [1.165, 1.54) is 63.6 Å². The van der Waals surface area contributed by atoms with E-state index in [1.54, 1.807) is 0 Å². The van der Waals surface area contributed by atoms with Crippen molar-refractivity contribution in [2.75, 3.05) is 19.6 Å². The van der Waals surface area contributed by atoms with Crippen molar-refractivity contribution in [3.63, 3.8) is 0 Å². The Bertz CT molecular complexity index is 463. The number of rotatable bonds is 3. The van der Waals surface area contributed by atoms with Crippen molar-refractivity contribution in [2.24, 2.45) is 18.2 Å². The van der Waals surface area contributed by atoms with Crippen molar-refractivity contribution in [2.45, 2.75) is 57.9 Å². The quantitative estimate of drug-likeness (QED) is 0.931. The van der Waals surface area contributed by atoms with Crippen molar-refractivity contribution in [1.29, 1.82) is 0 Å². The molecule has 1 saturated carbocycles. The molecule has 0 aromatic carbocycles. The molecule has 1 atom stereocenters. The Hall–Kier alpha value is -0.870. The Morgan fingerprint density at radius 2 is 1.86 bits per heavy atom. The standard InChI is InChI=1S/C17H30N4/c1-14-15(13-20(2)19-14)16(12-18)21-10-8-17(9-11-21)6-4-3-5-7-17/h13,16H,3-12,18H2,1-2H3. The Labute approximate surface area is 128 Å². The van der Waals surface area contributed by atoms with Crippen LogP contribution in [0.5, 0.6) is 0 Å². The van der Waals surface area contributed by atoms with Crippen molar-refractivity contribution >= 4 is 0 Å². The fraction of sp³-hybridized carbons (Fsp3) is 0.824. The molecule has 1 saturated heterocycles. The molecule has 2 heterocycles. The van der Waals surface area contributed by atoms with Crippen LogP contribution in [0.3, 0.4) is 0 Å². The Balaban J connectivity index is 1.68. The van der Waals surface area contributed by atoms with Gasteiger partial charge in [0.15, 0.2) is 0 Å². The molecule has 2 N–H and O–H groups in total. The van der Waals surface area contributed by atoms with E-state index in [4.69, 9.17) is 5.73 Å². The second-order valence-electron chi connectivity index (χ2n) is 7.19. The van der Waals surface area contributed by atoms with Gasteiger partial charge in [0.25, 0.3) is 0 Å². The second kappa shape index (κ2) is 6.09. The lowest BCUT2D eigenvalue weighted by Crippen LogP contribution is -2.44. The summed E-state index contributed by atoms with van der Waals surface area (Å²) in [5.74, 6) is 0. The molecule has 1 spiro atoms. The summed E-state index contributed by atoms with van der Waals surface area (Å²) >= 11 is 0. The van der Waals surface area contributed by atoms with Gasteiger partial charge in [-0.2, -0.15) is 5.10 Å². The van der Waals surface area contributed by atoms with Gasteiger partial charge in [0, 0.05) is 25.4 Å². The van der Waals surface area contributed by atoms with E-state index in [0.29, 0.717) is 18.0 Å². The lowest BCUT2D eigenvalue weighted by molar-refractivity contribution is 0.0463.